The molecule has 2 saturated carbocycles. The molecule has 3 heterocycles. The summed E-state index contributed by atoms with van der Waals surface area (Å²) in [5, 5.41) is 1.10. The van der Waals surface area contributed by atoms with E-state index in [-0.39, 0.29) is 22.8 Å². The van der Waals surface area contributed by atoms with Crippen LogP contribution in [0, 0.1) is 5.41 Å². The largest absolute Gasteiger partial charge is 0.497 e. The fourth-order valence-electron chi connectivity index (χ4n) is 7.97. The molecule has 2 atom stereocenters. The van der Waals surface area contributed by atoms with E-state index >= 15 is 0 Å². The Bertz CT molecular complexity index is 1770. The van der Waals surface area contributed by atoms with E-state index in [4.69, 9.17) is 9.47 Å². The number of aromatic nitrogens is 1. The molecule has 45 heavy (non-hydrogen) atoms. The van der Waals surface area contributed by atoms with Gasteiger partial charge in [-0.15, -0.1) is 0 Å². The lowest BCUT2D eigenvalue weighted by Gasteiger charge is -2.29. The molecular weight excluding hydrogens is 592 g/mol. The first-order valence-electron chi connectivity index (χ1n) is 16.1. The summed E-state index contributed by atoms with van der Waals surface area (Å²) in [4.78, 5) is 28.9. The van der Waals surface area contributed by atoms with E-state index < -0.39 is 16.1 Å². The van der Waals surface area contributed by atoms with Crippen LogP contribution in [0.3, 0.4) is 0 Å². The molecular formula is C34H42N4O6S. The van der Waals surface area contributed by atoms with Crippen molar-refractivity contribution in [3.8, 4) is 17.0 Å². The van der Waals surface area contributed by atoms with Gasteiger partial charge in [0, 0.05) is 67.6 Å². The average molecular weight is 635 g/mol. The smallest absolute Gasteiger partial charge is 0.303 e. The second-order valence-corrected chi connectivity index (χ2v) is 15.3. The topological polar surface area (TPSA) is 110 Å². The van der Waals surface area contributed by atoms with E-state index in [1.54, 1.807) is 13.2 Å². The molecule has 10 nitrogen and oxygen atoms in total. The highest BCUT2D eigenvalue weighted by molar-refractivity contribution is 7.87. The summed E-state index contributed by atoms with van der Waals surface area (Å²) in [7, 11) is 0.510. The first-order valence-corrected chi connectivity index (χ1v) is 17.5. The molecule has 3 fully saturated rings. The fraction of sp³-hybridized carbons (Fsp3) is 0.529. The maximum Gasteiger partial charge on any atom is 0.303 e. The minimum atomic E-state index is -3.95. The van der Waals surface area contributed by atoms with Crippen molar-refractivity contribution in [2.24, 2.45) is 5.41 Å². The lowest BCUT2D eigenvalue weighted by molar-refractivity contribution is -0.136. The van der Waals surface area contributed by atoms with Gasteiger partial charge in [0.25, 0.3) is 5.91 Å². The van der Waals surface area contributed by atoms with Crippen molar-refractivity contribution in [3.05, 3.63) is 53.1 Å². The van der Waals surface area contributed by atoms with Crippen LogP contribution in [-0.4, -0.2) is 81.5 Å². The van der Waals surface area contributed by atoms with Gasteiger partial charge in [-0.05, 0) is 72.6 Å². The summed E-state index contributed by atoms with van der Waals surface area (Å²) in [6, 6.07) is 11.9. The lowest BCUT2D eigenvalue weighted by atomic mass is 9.81. The van der Waals surface area contributed by atoms with Gasteiger partial charge in [0.05, 0.1) is 26.0 Å². The third-order valence-corrected chi connectivity index (χ3v) is 11.9. The standard InChI is InChI=1S/C34H42N4O6S/c1-36(2)45(41,42)35-33(40)23-9-11-26-29(17-23)38-21-34(20-30(39)37-13-15-44-16-14-37)19-28(34)27-18-24(43-3)10-12-25(27)32(38)31(26)22-7-5-4-6-8-22/h9-12,17-18,22,28H,4-8,13-16,19-21H2,1-3H3,(H,35,40). The first-order chi connectivity index (χ1) is 21.6. The number of ether oxygens (including phenoxy) is 2. The highest BCUT2D eigenvalue weighted by atomic mass is 32.2. The third kappa shape index (κ3) is 5.32. The van der Waals surface area contributed by atoms with Crippen LogP contribution < -0.4 is 9.46 Å². The van der Waals surface area contributed by atoms with E-state index in [1.807, 2.05) is 23.1 Å². The summed E-state index contributed by atoms with van der Waals surface area (Å²) in [5.41, 5.74) is 5.78. The number of nitrogens with one attached hydrogen (secondary N) is 1. The van der Waals surface area contributed by atoms with Gasteiger partial charge < -0.3 is 18.9 Å². The number of hydrogen-bond donors (Lipinski definition) is 1. The van der Waals surface area contributed by atoms with Crippen molar-refractivity contribution in [2.45, 2.75) is 63.3 Å². The Morgan fingerprint density at radius 2 is 1.82 bits per heavy atom. The van der Waals surface area contributed by atoms with Crippen LogP contribution in [0.2, 0.25) is 0 Å². The van der Waals surface area contributed by atoms with Crippen LogP contribution in [0.15, 0.2) is 36.4 Å². The molecule has 11 heteroatoms. The Labute approximate surface area is 264 Å². The van der Waals surface area contributed by atoms with Gasteiger partial charge in [-0.1, -0.05) is 25.3 Å². The number of morpholine rings is 1. The minimum absolute atomic E-state index is 0.159. The zero-order valence-corrected chi connectivity index (χ0v) is 27.1. The molecule has 7 rings (SSSR count). The molecule has 1 aromatic heterocycles. The summed E-state index contributed by atoms with van der Waals surface area (Å²) < 4.78 is 41.8. The SMILES string of the molecule is COc1ccc2c(c1)C1CC1(CC(=O)N1CCOCC1)Cn1c-2c(C2CCCCC2)c2ccc(C(=O)NS(=O)(=O)N(C)C)cc21. The van der Waals surface area contributed by atoms with Crippen LogP contribution in [0.5, 0.6) is 5.75 Å². The molecule has 0 spiro atoms. The first kappa shape index (κ1) is 30.3. The van der Waals surface area contributed by atoms with Crippen molar-refractivity contribution in [2.75, 3.05) is 47.5 Å². The maximum atomic E-state index is 13.7. The number of methoxy groups -OCH3 is 1. The van der Waals surface area contributed by atoms with Crippen LogP contribution in [0.25, 0.3) is 22.2 Å². The molecule has 3 aromatic rings. The molecule has 2 aliphatic carbocycles. The number of fused-ring (bicyclic) bond motifs is 7. The highest BCUT2D eigenvalue weighted by Crippen LogP contribution is 2.67. The van der Waals surface area contributed by atoms with Crippen LogP contribution >= 0.6 is 0 Å². The van der Waals surface area contributed by atoms with Crippen molar-refractivity contribution < 1.29 is 27.5 Å². The molecule has 1 saturated heterocycles. The van der Waals surface area contributed by atoms with Gasteiger partial charge in [-0.2, -0.15) is 12.7 Å². The number of rotatable bonds is 7. The molecule has 2 amide bonds. The molecule has 4 aliphatic rings. The minimum Gasteiger partial charge on any atom is -0.497 e. The van der Waals surface area contributed by atoms with Crippen LogP contribution in [0.1, 0.15) is 78.3 Å². The average Bonchev–Trinajstić information content (AvgIpc) is 3.68. The molecule has 240 valence electrons. The summed E-state index contributed by atoms with van der Waals surface area (Å²) in [6.07, 6.45) is 7.12. The van der Waals surface area contributed by atoms with E-state index in [0.717, 1.165) is 45.8 Å². The van der Waals surface area contributed by atoms with Crippen molar-refractivity contribution in [1.82, 2.24) is 18.5 Å². The van der Waals surface area contributed by atoms with Gasteiger partial charge in [-0.25, -0.2) is 4.72 Å². The molecule has 2 unspecified atom stereocenters. The highest BCUT2D eigenvalue weighted by Gasteiger charge is 2.59. The van der Waals surface area contributed by atoms with Gasteiger partial charge in [-0.3, -0.25) is 9.59 Å². The number of amides is 2. The Morgan fingerprint density at radius 3 is 2.53 bits per heavy atom. The second-order valence-electron chi connectivity index (χ2n) is 13.4. The third-order valence-electron chi connectivity index (χ3n) is 10.5. The Hall–Kier alpha value is -3.41. The summed E-state index contributed by atoms with van der Waals surface area (Å²) in [5.74, 6) is 0.881. The summed E-state index contributed by atoms with van der Waals surface area (Å²) in [6.45, 7) is 3.00. The van der Waals surface area contributed by atoms with Gasteiger partial charge in [0.2, 0.25) is 5.91 Å². The zero-order valence-electron chi connectivity index (χ0n) is 26.3. The molecule has 2 aliphatic heterocycles. The summed E-state index contributed by atoms with van der Waals surface area (Å²) >= 11 is 0. The quantitative estimate of drug-likeness (QED) is 0.406. The van der Waals surface area contributed by atoms with Crippen LogP contribution in [0.4, 0.5) is 0 Å². The van der Waals surface area contributed by atoms with Crippen LogP contribution in [-0.2, 0) is 26.3 Å². The van der Waals surface area contributed by atoms with Gasteiger partial charge in [0.1, 0.15) is 5.75 Å². The number of hydrogen-bond acceptors (Lipinski definition) is 6. The van der Waals surface area contributed by atoms with Crippen molar-refractivity contribution in [1.29, 1.82) is 0 Å². The number of nitrogens with zero attached hydrogens (tertiary/aromatic N) is 3. The molecule has 0 bridgehead atoms. The van der Waals surface area contributed by atoms with E-state index in [2.05, 4.69) is 21.4 Å². The van der Waals surface area contributed by atoms with Gasteiger partial charge >= 0.3 is 10.2 Å². The number of carbonyl (C=O) groups excluding carboxylic acids is 2. The second kappa shape index (κ2) is 11.4. The number of benzene rings is 2. The monoisotopic (exact) mass is 634 g/mol. The van der Waals surface area contributed by atoms with Crippen molar-refractivity contribution >= 4 is 32.9 Å². The van der Waals surface area contributed by atoms with E-state index in [1.165, 1.54) is 50.2 Å². The zero-order chi connectivity index (χ0) is 31.5. The maximum absolute atomic E-state index is 13.7. The predicted molar refractivity (Wildman–Crippen MR) is 172 cm³/mol. The Kier molecular flexibility index (Phi) is 7.69. The lowest BCUT2D eigenvalue weighted by Crippen LogP contribution is -2.42. The normalized spacial score (nSPS) is 23.2. The van der Waals surface area contributed by atoms with Crippen molar-refractivity contribution in [3.63, 3.8) is 0 Å². The van der Waals surface area contributed by atoms with E-state index in [0.29, 0.717) is 45.2 Å². The van der Waals surface area contributed by atoms with Gasteiger partial charge in [0.15, 0.2) is 0 Å². The molecule has 2 aromatic carbocycles. The van der Waals surface area contributed by atoms with E-state index in [9.17, 15) is 18.0 Å². The predicted octanol–water partition coefficient (Wildman–Crippen LogP) is 4.64. The Morgan fingerprint density at radius 1 is 1.07 bits per heavy atom. The fourth-order valence-corrected chi connectivity index (χ4v) is 8.50. The number of carbonyl (C=O) groups is 2. The Balaban J connectivity index is 1.40. The molecule has 0 radical (unpaired) electrons. The molecule has 1 N–H and O–H groups in total.